The first-order valence-corrected chi connectivity index (χ1v) is 7.13. The number of hydrogen-bond donors (Lipinski definition) is 1. The van der Waals surface area contributed by atoms with Crippen molar-refractivity contribution in [2.75, 3.05) is 13.2 Å². The lowest BCUT2D eigenvalue weighted by atomic mass is 10.3. The van der Waals surface area contributed by atoms with Crippen LogP contribution in [0.3, 0.4) is 0 Å². The average Bonchev–Trinajstić information content (AvgIpc) is 2.83. The van der Waals surface area contributed by atoms with Crippen molar-refractivity contribution in [3.05, 3.63) is 21.9 Å². The van der Waals surface area contributed by atoms with Gasteiger partial charge in [-0.05, 0) is 26.0 Å². The third-order valence-electron chi connectivity index (χ3n) is 2.50. The SMILES string of the molecule is CC(C)N(CC(F)(F)F)C(=O)c1ccc(C#CCCO)s1. The van der Waals surface area contributed by atoms with Crippen molar-refractivity contribution in [3.63, 3.8) is 0 Å². The summed E-state index contributed by atoms with van der Waals surface area (Å²) in [6, 6.07) is 2.51. The molecule has 3 nitrogen and oxygen atoms in total. The van der Waals surface area contributed by atoms with E-state index >= 15 is 0 Å². The fourth-order valence-electron chi connectivity index (χ4n) is 1.55. The molecule has 21 heavy (non-hydrogen) atoms. The van der Waals surface area contributed by atoms with Crippen LogP contribution in [0.15, 0.2) is 12.1 Å². The zero-order chi connectivity index (χ0) is 16.0. The molecule has 1 heterocycles. The molecule has 1 rings (SSSR count). The maximum atomic E-state index is 12.5. The first-order valence-electron chi connectivity index (χ1n) is 6.32. The van der Waals surface area contributed by atoms with E-state index in [0.717, 1.165) is 16.2 Å². The molecule has 0 saturated carbocycles. The molecule has 0 saturated heterocycles. The van der Waals surface area contributed by atoms with Gasteiger partial charge >= 0.3 is 6.18 Å². The van der Waals surface area contributed by atoms with Gasteiger partial charge in [0.05, 0.1) is 16.4 Å². The van der Waals surface area contributed by atoms with Gasteiger partial charge in [0, 0.05) is 12.5 Å². The summed E-state index contributed by atoms with van der Waals surface area (Å²) in [7, 11) is 0. The highest BCUT2D eigenvalue weighted by Crippen LogP contribution is 2.23. The van der Waals surface area contributed by atoms with Crippen LogP contribution in [0.5, 0.6) is 0 Å². The van der Waals surface area contributed by atoms with Gasteiger partial charge < -0.3 is 10.0 Å². The van der Waals surface area contributed by atoms with Crippen LogP contribution in [-0.2, 0) is 0 Å². The molecule has 1 amide bonds. The topological polar surface area (TPSA) is 40.5 Å². The minimum atomic E-state index is -4.43. The number of carbonyl (C=O) groups excluding carboxylic acids is 1. The highest BCUT2D eigenvalue weighted by atomic mass is 32.1. The van der Waals surface area contributed by atoms with Crippen molar-refractivity contribution in [3.8, 4) is 11.8 Å². The van der Waals surface area contributed by atoms with Gasteiger partial charge in [0.2, 0.25) is 0 Å². The minimum absolute atomic E-state index is 0.0587. The van der Waals surface area contributed by atoms with Crippen LogP contribution in [0.4, 0.5) is 13.2 Å². The lowest BCUT2D eigenvalue weighted by molar-refractivity contribution is -0.143. The van der Waals surface area contributed by atoms with Crippen molar-refractivity contribution >= 4 is 17.2 Å². The number of nitrogens with zero attached hydrogens (tertiary/aromatic N) is 1. The largest absolute Gasteiger partial charge is 0.406 e. The van der Waals surface area contributed by atoms with Crippen molar-refractivity contribution < 1.29 is 23.1 Å². The van der Waals surface area contributed by atoms with Crippen LogP contribution in [0.1, 0.15) is 34.8 Å². The molecule has 0 radical (unpaired) electrons. The highest BCUT2D eigenvalue weighted by molar-refractivity contribution is 7.14. The van der Waals surface area contributed by atoms with E-state index in [1.165, 1.54) is 6.07 Å². The van der Waals surface area contributed by atoms with E-state index < -0.39 is 24.7 Å². The fraction of sp³-hybridized carbons (Fsp3) is 0.500. The van der Waals surface area contributed by atoms with Crippen LogP contribution >= 0.6 is 11.3 Å². The summed E-state index contributed by atoms with van der Waals surface area (Å²) in [5.41, 5.74) is 0. The normalized spacial score (nSPS) is 11.2. The standard InChI is InChI=1S/C14H16F3NO2S/c1-10(2)18(9-14(15,16)17)13(20)12-7-6-11(21-12)5-3-4-8-19/h6-7,10,19H,4,8-9H2,1-2H3. The average molecular weight is 319 g/mol. The van der Waals surface area contributed by atoms with Gasteiger partial charge in [-0.3, -0.25) is 4.79 Å². The summed E-state index contributed by atoms with van der Waals surface area (Å²) < 4.78 is 37.5. The summed E-state index contributed by atoms with van der Waals surface area (Å²) in [5, 5.41) is 8.61. The second-order valence-corrected chi connectivity index (χ2v) is 5.67. The number of aliphatic hydroxyl groups is 1. The van der Waals surface area contributed by atoms with E-state index in [4.69, 9.17) is 5.11 Å². The smallest absolute Gasteiger partial charge is 0.395 e. The number of rotatable bonds is 4. The molecule has 0 aliphatic carbocycles. The second-order valence-electron chi connectivity index (χ2n) is 4.58. The third-order valence-corrected chi connectivity index (χ3v) is 3.49. The van der Waals surface area contributed by atoms with E-state index in [0.29, 0.717) is 11.3 Å². The monoisotopic (exact) mass is 319 g/mol. The van der Waals surface area contributed by atoms with Gasteiger partial charge in [-0.25, -0.2) is 0 Å². The van der Waals surface area contributed by atoms with E-state index in [-0.39, 0.29) is 11.5 Å². The number of alkyl halides is 3. The van der Waals surface area contributed by atoms with E-state index in [9.17, 15) is 18.0 Å². The number of amides is 1. The maximum absolute atomic E-state index is 12.5. The molecule has 0 spiro atoms. The predicted molar refractivity (Wildman–Crippen MR) is 75.1 cm³/mol. The molecule has 116 valence electrons. The molecule has 0 aromatic carbocycles. The maximum Gasteiger partial charge on any atom is 0.406 e. The van der Waals surface area contributed by atoms with Gasteiger partial charge in [0.1, 0.15) is 6.54 Å². The Morgan fingerprint density at radius 1 is 1.43 bits per heavy atom. The molecule has 7 heteroatoms. The Morgan fingerprint density at radius 2 is 2.10 bits per heavy atom. The predicted octanol–water partition coefficient (Wildman–Crippen LogP) is 2.89. The molecule has 0 aliphatic rings. The molecular formula is C14H16F3NO2S. The Labute approximate surface area is 125 Å². The Morgan fingerprint density at radius 3 is 2.62 bits per heavy atom. The lowest BCUT2D eigenvalue weighted by Gasteiger charge is -2.27. The van der Waals surface area contributed by atoms with Crippen molar-refractivity contribution in [2.24, 2.45) is 0 Å². The lowest BCUT2D eigenvalue weighted by Crippen LogP contribution is -2.43. The van der Waals surface area contributed by atoms with E-state index in [2.05, 4.69) is 11.8 Å². The van der Waals surface area contributed by atoms with Crippen LogP contribution in [0.2, 0.25) is 0 Å². The van der Waals surface area contributed by atoms with E-state index in [1.807, 2.05) is 0 Å². The van der Waals surface area contributed by atoms with Crippen LogP contribution in [-0.4, -0.2) is 41.3 Å². The zero-order valence-electron chi connectivity index (χ0n) is 11.7. The Hall–Kier alpha value is -1.52. The Bertz CT molecular complexity index is 540. The number of carbonyl (C=O) groups is 1. The van der Waals surface area contributed by atoms with Gasteiger partial charge in [-0.15, -0.1) is 11.3 Å². The summed E-state index contributed by atoms with van der Waals surface area (Å²) in [6.45, 7) is 1.75. The second kappa shape index (κ2) is 7.48. The van der Waals surface area contributed by atoms with Gasteiger partial charge in [0.15, 0.2) is 0 Å². The van der Waals surface area contributed by atoms with Gasteiger partial charge in [-0.2, -0.15) is 13.2 Å². The first-order chi connectivity index (χ1) is 9.74. The Kier molecular flexibility index (Phi) is 6.24. The van der Waals surface area contributed by atoms with Crippen LogP contribution in [0, 0.1) is 11.8 Å². The first kappa shape index (κ1) is 17.5. The summed E-state index contributed by atoms with van der Waals surface area (Å²) >= 11 is 1.05. The third kappa shape index (κ3) is 5.78. The fourth-order valence-corrected chi connectivity index (χ4v) is 2.39. The minimum Gasteiger partial charge on any atom is -0.395 e. The molecule has 0 fully saturated rings. The molecule has 0 unspecified atom stereocenters. The molecule has 0 atom stereocenters. The van der Waals surface area contributed by atoms with Crippen molar-refractivity contribution in [1.82, 2.24) is 4.90 Å². The number of aliphatic hydroxyl groups excluding tert-OH is 1. The molecule has 0 bridgehead atoms. The summed E-state index contributed by atoms with van der Waals surface area (Å²) in [4.78, 5) is 13.8. The molecule has 1 aromatic heterocycles. The zero-order valence-corrected chi connectivity index (χ0v) is 12.5. The highest BCUT2D eigenvalue weighted by Gasteiger charge is 2.34. The number of hydrogen-bond acceptors (Lipinski definition) is 3. The molecule has 0 aliphatic heterocycles. The van der Waals surface area contributed by atoms with Crippen LogP contribution in [0.25, 0.3) is 0 Å². The molecule has 1 aromatic rings. The quantitative estimate of drug-likeness (QED) is 0.867. The van der Waals surface area contributed by atoms with Crippen molar-refractivity contribution in [1.29, 1.82) is 0 Å². The summed E-state index contributed by atoms with van der Waals surface area (Å²) in [6.07, 6.45) is -4.12. The summed E-state index contributed by atoms with van der Waals surface area (Å²) in [5.74, 6) is 4.80. The molecular weight excluding hydrogens is 303 g/mol. The van der Waals surface area contributed by atoms with E-state index in [1.54, 1.807) is 19.9 Å². The number of halogens is 3. The molecule has 1 N–H and O–H groups in total. The van der Waals surface area contributed by atoms with Gasteiger partial charge in [-0.1, -0.05) is 11.8 Å². The van der Waals surface area contributed by atoms with Crippen LogP contribution < -0.4 is 0 Å². The van der Waals surface area contributed by atoms with Gasteiger partial charge in [0.25, 0.3) is 5.91 Å². The Balaban J connectivity index is 2.88. The number of thiophene rings is 1. The van der Waals surface area contributed by atoms with Crippen molar-refractivity contribution in [2.45, 2.75) is 32.5 Å².